The summed E-state index contributed by atoms with van der Waals surface area (Å²) in [5.41, 5.74) is 1.13. The van der Waals surface area contributed by atoms with Gasteiger partial charge in [-0.25, -0.2) is 0 Å². The molecule has 0 spiro atoms. The molecule has 0 atom stereocenters. The van der Waals surface area contributed by atoms with Crippen molar-refractivity contribution in [2.24, 2.45) is 0 Å². The fraction of sp³-hybridized carbons (Fsp3) is 0.143. The Hall–Kier alpha value is -2.07. The fourth-order valence-electron chi connectivity index (χ4n) is 1.68. The summed E-state index contributed by atoms with van der Waals surface area (Å²) in [5.74, 6) is 0.567. The van der Waals surface area contributed by atoms with Crippen LogP contribution in [-0.4, -0.2) is 18.7 Å². The SMILES string of the molecule is CCNC(=O)c1ccc(-c2ccc(C=O)o2)cc1Cl. The highest BCUT2D eigenvalue weighted by atomic mass is 35.5. The van der Waals surface area contributed by atoms with Gasteiger partial charge in [0.1, 0.15) is 5.76 Å². The highest BCUT2D eigenvalue weighted by molar-refractivity contribution is 6.34. The number of furan rings is 1. The molecule has 2 aromatic rings. The standard InChI is InChI=1S/C14H12ClNO3/c1-2-16-14(18)11-5-3-9(7-12(11)15)13-6-4-10(8-17)19-13/h3-8H,2H2,1H3,(H,16,18). The Morgan fingerprint density at radius 1 is 1.37 bits per heavy atom. The molecule has 98 valence electrons. The Balaban J connectivity index is 2.32. The van der Waals surface area contributed by atoms with Gasteiger partial charge in [-0.2, -0.15) is 0 Å². The van der Waals surface area contributed by atoms with Crippen molar-refractivity contribution in [3.63, 3.8) is 0 Å². The van der Waals surface area contributed by atoms with Gasteiger partial charge in [0, 0.05) is 12.1 Å². The number of rotatable bonds is 4. The number of carbonyl (C=O) groups excluding carboxylic acids is 2. The maximum Gasteiger partial charge on any atom is 0.252 e. The summed E-state index contributed by atoms with van der Waals surface area (Å²) in [6.45, 7) is 2.38. The van der Waals surface area contributed by atoms with Crippen LogP contribution in [0.25, 0.3) is 11.3 Å². The lowest BCUT2D eigenvalue weighted by atomic mass is 10.1. The van der Waals surface area contributed by atoms with E-state index in [4.69, 9.17) is 16.0 Å². The van der Waals surface area contributed by atoms with Crippen molar-refractivity contribution in [3.8, 4) is 11.3 Å². The van der Waals surface area contributed by atoms with Gasteiger partial charge in [0.2, 0.25) is 0 Å². The van der Waals surface area contributed by atoms with Crippen LogP contribution in [0.3, 0.4) is 0 Å². The molecule has 0 unspecified atom stereocenters. The van der Waals surface area contributed by atoms with Gasteiger partial charge in [-0.05, 0) is 31.2 Å². The Bertz CT molecular complexity index is 619. The van der Waals surface area contributed by atoms with Crippen LogP contribution in [0, 0.1) is 0 Å². The van der Waals surface area contributed by atoms with Crippen molar-refractivity contribution >= 4 is 23.8 Å². The van der Waals surface area contributed by atoms with E-state index in [2.05, 4.69) is 5.32 Å². The molecule has 1 heterocycles. The van der Waals surface area contributed by atoms with Gasteiger partial charge in [-0.15, -0.1) is 0 Å². The topological polar surface area (TPSA) is 59.3 Å². The van der Waals surface area contributed by atoms with Crippen molar-refractivity contribution < 1.29 is 14.0 Å². The van der Waals surface area contributed by atoms with Gasteiger partial charge in [-0.1, -0.05) is 17.7 Å². The van der Waals surface area contributed by atoms with Crippen LogP contribution in [0.1, 0.15) is 27.8 Å². The molecule has 0 saturated heterocycles. The predicted octanol–water partition coefficient (Wildman–Crippen LogP) is 3.16. The fourth-order valence-corrected chi connectivity index (χ4v) is 1.95. The molecule has 0 bridgehead atoms. The summed E-state index contributed by atoms with van der Waals surface area (Å²) < 4.78 is 5.29. The van der Waals surface area contributed by atoms with Gasteiger partial charge in [0.15, 0.2) is 12.0 Å². The van der Waals surface area contributed by atoms with E-state index in [1.165, 1.54) is 0 Å². The summed E-state index contributed by atoms with van der Waals surface area (Å²) in [7, 11) is 0. The van der Waals surface area contributed by atoms with E-state index in [9.17, 15) is 9.59 Å². The molecule has 1 N–H and O–H groups in total. The number of hydrogen-bond acceptors (Lipinski definition) is 3. The number of halogens is 1. The minimum Gasteiger partial charge on any atom is -0.453 e. The van der Waals surface area contributed by atoms with Crippen LogP contribution < -0.4 is 5.32 Å². The quantitative estimate of drug-likeness (QED) is 0.873. The van der Waals surface area contributed by atoms with Crippen LogP contribution in [-0.2, 0) is 0 Å². The van der Waals surface area contributed by atoms with Gasteiger partial charge >= 0.3 is 0 Å². The Kier molecular flexibility index (Phi) is 4.02. The number of hydrogen-bond donors (Lipinski definition) is 1. The van der Waals surface area contributed by atoms with Crippen molar-refractivity contribution in [3.05, 3.63) is 46.7 Å². The predicted molar refractivity (Wildman–Crippen MR) is 72.5 cm³/mol. The second-order valence-electron chi connectivity index (χ2n) is 3.87. The summed E-state index contributed by atoms with van der Waals surface area (Å²) in [4.78, 5) is 22.3. The van der Waals surface area contributed by atoms with Crippen LogP contribution in [0.4, 0.5) is 0 Å². The third kappa shape index (κ3) is 2.85. The first-order valence-electron chi connectivity index (χ1n) is 5.79. The first-order valence-corrected chi connectivity index (χ1v) is 6.16. The van der Waals surface area contributed by atoms with Gasteiger partial charge < -0.3 is 9.73 Å². The third-order valence-electron chi connectivity index (χ3n) is 2.58. The Morgan fingerprint density at radius 2 is 2.16 bits per heavy atom. The summed E-state index contributed by atoms with van der Waals surface area (Å²) >= 11 is 6.08. The Morgan fingerprint density at radius 3 is 2.74 bits per heavy atom. The molecule has 1 amide bonds. The molecule has 5 heteroatoms. The number of amides is 1. The number of carbonyl (C=O) groups is 2. The highest BCUT2D eigenvalue weighted by Crippen LogP contribution is 2.27. The van der Waals surface area contributed by atoms with E-state index in [-0.39, 0.29) is 11.7 Å². The van der Waals surface area contributed by atoms with Crippen LogP contribution in [0.5, 0.6) is 0 Å². The molecule has 0 aliphatic rings. The van der Waals surface area contributed by atoms with Crippen LogP contribution >= 0.6 is 11.6 Å². The minimum absolute atomic E-state index is 0.216. The molecule has 2 rings (SSSR count). The van der Waals surface area contributed by atoms with Crippen molar-refractivity contribution in [2.45, 2.75) is 6.92 Å². The average Bonchev–Trinajstić information content (AvgIpc) is 2.87. The third-order valence-corrected chi connectivity index (χ3v) is 2.89. The number of aldehydes is 1. The molecule has 0 aliphatic heterocycles. The van der Waals surface area contributed by atoms with Crippen molar-refractivity contribution in [2.75, 3.05) is 6.54 Å². The maximum atomic E-state index is 11.7. The normalized spacial score (nSPS) is 10.2. The molecule has 4 nitrogen and oxygen atoms in total. The molecule has 1 aromatic carbocycles. The number of benzene rings is 1. The zero-order valence-corrected chi connectivity index (χ0v) is 11.0. The van der Waals surface area contributed by atoms with Gasteiger partial charge in [-0.3, -0.25) is 9.59 Å². The monoisotopic (exact) mass is 277 g/mol. The molecule has 1 aromatic heterocycles. The Labute approximate surface area is 115 Å². The van der Waals surface area contributed by atoms with E-state index in [1.54, 1.807) is 30.3 Å². The molecular weight excluding hydrogens is 266 g/mol. The zero-order valence-electron chi connectivity index (χ0n) is 10.3. The first-order chi connectivity index (χ1) is 9.15. The average molecular weight is 278 g/mol. The van der Waals surface area contributed by atoms with E-state index in [1.807, 2.05) is 6.92 Å². The van der Waals surface area contributed by atoms with E-state index in [0.29, 0.717) is 34.7 Å². The van der Waals surface area contributed by atoms with E-state index >= 15 is 0 Å². The minimum atomic E-state index is -0.216. The van der Waals surface area contributed by atoms with Gasteiger partial charge in [0.25, 0.3) is 5.91 Å². The summed E-state index contributed by atoms with van der Waals surface area (Å²) in [6, 6.07) is 8.25. The molecule has 0 aliphatic carbocycles. The van der Waals surface area contributed by atoms with Crippen molar-refractivity contribution in [1.82, 2.24) is 5.32 Å². The lowest BCUT2D eigenvalue weighted by molar-refractivity contribution is 0.0955. The lowest BCUT2D eigenvalue weighted by Gasteiger charge is -2.05. The van der Waals surface area contributed by atoms with E-state index < -0.39 is 0 Å². The van der Waals surface area contributed by atoms with Crippen LogP contribution in [0.15, 0.2) is 34.7 Å². The lowest BCUT2D eigenvalue weighted by Crippen LogP contribution is -2.22. The van der Waals surface area contributed by atoms with E-state index in [0.717, 1.165) is 0 Å². The van der Waals surface area contributed by atoms with Crippen LogP contribution in [0.2, 0.25) is 5.02 Å². The molecule has 0 fully saturated rings. The molecule has 0 saturated carbocycles. The first kappa shape index (κ1) is 13.4. The second-order valence-corrected chi connectivity index (χ2v) is 4.28. The van der Waals surface area contributed by atoms with Crippen molar-refractivity contribution in [1.29, 1.82) is 0 Å². The second kappa shape index (κ2) is 5.71. The zero-order chi connectivity index (χ0) is 13.8. The summed E-state index contributed by atoms with van der Waals surface area (Å²) in [6.07, 6.45) is 0.633. The maximum absolute atomic E-state index is 11.7. The largest absolute Gasteiger partial charge is 0.453 e. The molecular formula is C14H12ClNO3. The smallest absolute Gasteiger partial charge is 0.252 e. The highest BCUT2D eigenvalue weighted by Gasteiger charge is 2.12. The van der Waals surface area contributed by atoms with Gasteiger partial charge in [0.05, 0.1) is 10.6 Å². The molecule has 0 radical (unpaired) electrons. The summed E-state index contributed by atoms with van der Waals surface area (Å²) in [5, 5.41) is 3.02. The number of nitrogens with one attached hydrogen (secondary N) is 1. The molecule has 19 heavy (non-hydrogen) atoms.